The molecule has 2 aliphatic rings. The third kappa shape index (κ3) is 5.03. The average molecular weight is 436 g/mol. The average Bonchev–Trinajstić information content (AvgIpc) is 3.09. The van der Waals surface area contributed by atoms with Crippen LogP contribution in [0.15, 0.2) is 17.0 Å². The van der Waals surface area contributed by atoms with Crippen molar-refractivity contribution in [2.24, 2.45) is 5.92 Å². The molecule has 0 unspecified atom stereocenters. The molecule has 166 valence electrons. The zero-order valence-corrected chi connectivity index (χ0v) is 19.1. The lowest BCUT2D eigenvalue weighted by Gasteiger charge is -2.31. The van der Waals surface area contributed by atoms with Gasteiger partial charge in [-0.05, 0) is 57.6 Å². The Hall–Kier alpha value is -1.93. The summed E-state index contributed by atoms with van der Waals surface area (Å²) in [6, 6.07) is 3.80. The third-order valence-electron chi connectivity index (χ3n) is 6.10. The van der Waals surface area contributed by atoms with Crippen molar-refractivity contribution in [3.63, 3.8) is 0 Å². The highest BCUT2D eigenvalue weighted by atomic mass is 32.2. The zero-order valence-electron chi connectivity index (χ0n) is 18.2. The normalized spacial score (nSPS) is 18.8. The Morgan fingerprint density at radius 1 is 1.10 bits per heavy atom. The summed E-state index contributed by atoms with van der Waals surface area (Å²) in [7, 11) is -3.56. The second-order valence-corrected chi connectivity index (χ2v) is 10.4. The Bertz CT molecular complexity index is 882. The van der Waals surface area contributed by atoms with Crippen molar-refractivity contribution >= 4 is 21.8 Å². The molecule has 0 bridgehead atoms. The number of nitrogens with zero attached hydrogens (tertiary/aromatic N) is 2. The van der Waals surface area contributed by atoms with E-state index >= 15 is 0 Å². The topological polar surface area (TPSA) is 86.8 Å². The van der Waals surface area contributed by atoms with Gasteiger partial charge < -0.3 is 10.2 Å². The minimum Gasteiger partial charge on any atom is -0.356 e. The Morgan fingerprint density at radius 3 is 2.30 bits per heavy atom. The maximum Gasteiger partial charge on any atom is 0.243 e. The van der Waals surface area contributed by atoms with Crippen LogP contribution in [0.25, 0.3) is 0 Å². The Kier molecular flexibility index (Phi) is 7.18. The Morgan fingerprint density at radius 2 is 1.73 bits per heavy atom. The highest BCUT2D eigenvalue weighted by molar-refractivity contribution is 7.89. The highest BCUT2D eigenvalue weighted by Gasteiger charge is 2.33. The van der Waals surface area contributed by atoms with E-state index in [4.69, 9.17) is 0 Å². The maximum atomic E-state index is 13.2. The van der Waals surface area contributed by atoms with E-state index in [1.165, 1.54) is 4.31 Å². The fourth-order valence-electron chi connectivity index (χ4n) is 4.63. The molecule has 30 heavy (non-hydrogen) atoms. The molecular weight excluding hydrogens is 402 g/mol. The lowest BCUT2D eigenvalue weighted by Crippen LogP contribution is -2.43. The summed E-state index contributed by atoms with van der Waals surface area (Å²) in [5.41, 5.74) is 2.58. The van der Waals surface area contributed by atoms with E-state index in [1.807, 2.05) is 37.8 Å². The summed E-state index contributed by atoms with van der Waals surface area (Å²) in [5, 5.41) is 2.96. The van der Waals surface area contributed by atoms with Crippen LogP contribution >= 0.6 is 0 Å². The van der Waals surface area contributed by atoms with Crippen LogP contribution in [0, 0.1) is 26.7 Å². The first kappa shape index (κ1) is 22.7. The number of rotatable bonds is 7. The maximum absolute atomic E-state index is 13.2. The molecule has 2 aliphatic heterocycles. The number of piperidine rings is 1. The summed E-state index contributed by atoms with van der Waals surface area (Å²) in [6.07, 6.45) is 3.36. The molecule has 2 heterocycles. The number of amides is 2. The van der Waals surface area contributed by atoms with Gasteiger partial charge in [0.25, 0.3) is 0 Å². The number of carbonyl (C=O) groups excluding carboxylic acids is 2. The predicted molar refractivity (Wildman–Crippen MR) is 116 cm³/mol. The van der Waals surface area contributed by atoms with Crippen LogP contribution in [0.4, 0.5) is 0 Å². The first-order valence-electron chi connectivity index (χ1n) is 10.8. The Balaban J connectivity index is 1.49. The number of hydrogen-bond acceptors (Lipinski definition) is 4. The molecule has 0 aromatic heterocycles. The van der Waals surface area contributed by atoms with Crippen molar-refractivity contribution in [3.8, 4) is 0 Å². The van der Waals surface area contributed by atoms with Gasteiger partial charge in [-0.15, -0.1) is 0 Å². The molecule has 1 aromatic carbocycles. The molecule has 0 radical (unpaired) electrons. The van der Waals surface area contributed by atoms with Gasteiger partial charge in [0.15, 0.2) is 0 Å². The van der Waals surface area contributed by atoms with Gasteiger partial charge >= 0.3 is 0 Å². The second kappa shape index (κ2) is 9.47. The number of likely N-dealkylation sites (tertiary alicyclic amines) is 1. The van der Waals surface area contributed by atoms with Crippen molar-refractivity contribution < 1.29 is 18.0 Å². The van der Waals surface area contributed by atoms with Crippen molar-refractivity contribution in [2.75, 3.05) is 32.7 Å². The molecule has 2 amide bonds. The molecule has 0 atom stereocenters. The van der Waals surface area contributed by atoms with Gasteiger partial charge in [0.05, 0.1) is 4.90 Å². The standard InChI is InChI=1S/C22H33N3O4S/c1-16-14-17(2)21(18(3)15-16)30(28,29)25-12-7-19(8-13-25)22(27)23-9-5-11-24-10-4-6-20(24)26/h14-15,19H,4-13H2,1-3H3,(H,23,27). The fraction of sp³-hybridized carbons (Fsp3) is 0.636. The number of nitrogens with one attached hydrogen (secondary N) is 1. The predicted octanol–water partition coefficient (Wildman–Crippen LogP) is 2.14. The smallest absolute Gasteiger partial charge is 0.243 e. The first-order chi connectivity index (χ1) is 14.2. The van der Waals surface area contributed by atoms with Crippen molar-refractivity contribution in [1.82, 2.24) is 14.5 Å². The summed E-state index contributed by atoms with van der Waals surface area (Å²) in [5.74, 6) is 0.0292. The van der Waals surface area contributed by atoms with E-state index in [0.717, 1.165) is 36.1 Å². The van der Waals surface area contributed by atoms with Crippen LogP contribution in [-0.4, -0.2) is 62.2 Å². The SMILES string of the molecule is Cc1cc(C)c(S(=O)(=O)N2CCC(C(=O)NCCCN3CCCC3=O)CC2)c(C)c1. The largest absolute Gasteiger partial charge is 0.356 e. The minimum absolute atomic E-state index is 0.0116. The van der Waals surface area contributed by atoms with Crippen LogP contribution in [0.5, 0.6) is 0 Å². The summed E-state index contributed by atoms with van der Waals surface area (Å²) < 4.78 is 27.9. The van der Waals surface area contributed by atoms with E-state index in [2.05, 4.69) is 5.32 Å². The van der Waals surface area contributed by atoms with Crippen LogP contribution in [-0.2, 0) is 19.6 Å². The van der Waals surface area contributed by atoms with Gasteiger partial charge in [0.1, 0.15) is 0 Å². The number of benzene rings is 1. The van der Waals surface area contributed by atoms with E-state index < -0.39 is 10.0 Å². The highest BCUT2D eigenvalue weighted by Crippen LogP contribution is 2.28. The molecule has 1 N–H and O–H groups in total. The summed E-state index contributed by atoms with van der Waals surface area (Å²) in [4.78, 5) is 26.3. The quantitative estimate of drug-likeness (QED) is 0.665. The monoisotopic (exact) mass is 435 g/mol. The Labute approximate surface area is 179 Å². The van der Waals surface area contributed by atoms with Crippen molar-refractivity contribution in [2.45, 2.75) is 57.8 Å². The molecule has 1 aromatic rings. The van der Waals surface area contributed by atoms with Gasteiger partial charge in [0.2, 0.25) is 21.8 Å². The molecule has 2 fully saturated rings. The molecule has 3 rings (SSSR count). The molecule has 0 aliphatic carbocycles. The van der Waals surface area contributed by atoms with Gasteiger partial charge in [-0.25, -0.2) is 8.42 Å². The van der Waals surface area contributed by atoms with E-state index in [0.29, 0.717) is 50.3 Å². The minimum atomic E-state index is -3.56. The summed E-state index contributed by atoms with van der Waals surface area (Å²) >= 11 is 0. The molecule has 8 heteroatoms. The molecular formula is C22H33N3O4S. The van der Waals surface area contributed by atoms with Crippen LogP contribution in [0.3, 0.4) is 0 Å². The zero-order chi connectivity index (χ0) is 21.9. The number of sulfonamides is 1. The van der Waals surface area contributed by atoms with Crippen LogP contribution in [0.2, 0.25) is 0 Å². The number of carbonyl (C=O) groups is 2. The van der Waals surface area contributed by atoms with Gasteiger partial charge in [-0.1, -0.05) is 17.7 Å². The molecule has 2 saturated heterocycles. The van der Waals surface area contributed by atoms with Crippen molar-refractivity contribution in [1.29, 1.82) is 0 Å². The van der Waals surface area contributed by atoms with Gasteiger partial charge in [-0.2, -0.15) is 4.31 Å². The third-order valence-corrected chi connectivity index (χ3v) is 8.31. The van der Waals surface area contributed by atoms with Crippen molar-refractivity contribution in [3.05, 3.63) is 28.8 Å². The summed E-state index contributed by atoms with van der Waals surface area (Å²) in [6.45, 7) is 8.40. The molecule has 7 nitrogen and oxygen atoms in total. The number of aryl methyl sites for hydroxylation is 3. The lowest BCUT2D eigenvalue weighted by atomic mass is 9.97. The second-order valence-electron chi connectivity index (χ2n) is 8.54. The molecule has 0 spiro atoms. The van der Waals surface area contributed by atoms with E-state index in [1.54, 1.807) is 0 Å². The first-order valence-corrected chi connectivity index (χ1v) is 12.3. The van der Waals surface area contributed by atoms with Crippen LogP contribution < -0.4 is 5.32 Å². The number of hydrogen-bond donors (Lipinski definition) is 1. The van der Waals surface area contributed by atoms with Crippen LogP contribution in [0.1, 0.15) is 48.8 Å². The fourth-order valence-corrected chi connectivity index (χ4v) is 6.51. The van der Waals surface area contributed by atoms with E-state index in [-0.39, 0.29) is 17.7 Å². The van der Waals surface area contributed by atoms with Gasteiger partial charge in [0, 0.05) is 45.1 Å². The lowest BCUT2D eigenvalue weighted by molar-refractivity contribution is -0.127. The molecule has 0 saturated carbocycles. The van der Waals surface area contributed by atoms with Gasteiger partial charge in [-0.3, -0.25) is 9.59 Å². The van der Waals surface area contributed by atoms with E-state index in [9.17, 15) is 18.0 Å².